The molecule has 2 aromatic heterocycles. The van der Waals surface area contributed by atoms with Crippen molar-refractivity contribution >= 4 is 10.9 Å². The van der Waals surface area contributed by atoms with Gasteiger partial charge >= 0.3 is 0 Å². The molecule has 1 N–H and O–H groups in total. The number of nitrogens with zero attached hydrogens (tertiary/aromatic N) is 2. The van der Waals surface area contributed by atoms with E-state index in [1.807, 2.05) is 6.07 Å². The Morgan fingerprint density at radius 2 is 2.29 bits per heavy atom. The Bertz CT molecular complexity index is 492. The average molecular weight is 233 g/mol. The van der Waals surface area contributed by atoms with Crippen LogP contribution in [0.3, 0.4) is 0 Å². The highest BCUT2D eigenvalue weighted by atomic mass is 16.5. The van der Waals surface area contributed by atoms with Crippen molar-refractivity contribution < 1.29 is 4.74 Å². The molecule has 0 bridgehead atoms. The molecule has 0 unspecified atom stereocenters. The summed E-state index contributed by atoms with van der Waals surface area (Å²) in [6, 6.07) is 1.98. The topological polar surface area (TPSA) is 41.2 Å². The number of aromatic amines is 1. The average Bonchev–Trinajstić information content (AvgIpc) is 2.79. The quantitative estimate of drug-likeness (QED) is 0.859. The molecule has 0 saturated heterocycles. The van der Waals surface area contributed by atoms with Crippen LogP contribution in [0.15, 0.2) is 18.5 Å². The molecule has 0 aliphatic rings. The molecule has 2 heterocycles. The van der Waals surface area contributed by atoms with E-state index in [1.165, 1.54) is 5.56 Å². The first-order valence-electron chi connectivity index (χ1n) is 5.93. The van der Waals surface area contributed by atoms with E-state index in [4.69, 9.17) is 4.74 Å². The molecule has 0 saturated carbocycles. The molecule has 0 spiro atoms. The van der Waals surface area contributed by atoms with Crippen molar-refractivity contribution in [3.8, 4) is 5.88 Å². The van der Waals surface area contributed by atoms with Crippen LogP contribution in [0.1, 0.15) is 12.5 Å². The molecule has 0 aliphatic heterocycles. The van der Waals surface area contributed by atoms with Crippen molar-refractivity contribution in [2.24, 2.45) is 0 Å². The molecular formula is C13H19N3O. The normalized spacial score (nSPS) is 11.3. The van der Waals surface area contributed by atoms with Crippen LogP contribution in [-0.2, 0) is 6.42 Å². The van der Waals surface area contributed by atoms with Gasteiger partial charge in [-0.05, 0) is 31.6 Å². The minimum atomic E-state index is 0.706. The van der Waals surface area contributed by atoms with Gasteiger partial charge in [0.2, 0.25) is 5.88 Å². The lowest BCUT2D eigenvalue weighted by atomic mass is 10.1. The third-order valence-corrected chi connectivity index (χ3v) is 3.14. The fourth-order valence-electron chi connectivity index (χ4n) is 1.93. The summed E-state index contributed by atoms with van der Waals surface area (Å²) in [5.41, 5.74) is 2.36. The maximum Gasteiger partial charge on any atom is 0.222 e. The van der Waals surface area contributed by atoms with Gasteiger partial charge in [-0.15, -0.1) is 0 Å². The van der Waals surface area contributed by atoms with Crippen molar-refractivity contribution in [3.05, 3.63) is 24.0 Å². The lowest BCUT2D eigenvalue weighted by molar-refractivity contribution is 0.357. The van der Waals surface area contributed by atoms with E-state index in [0.29, 0.717) is 5.88 Å². The number of rotatable bonds is 5. The molecule has 0 aromatic carbocycles. The lowest BCUT2D eigenvalue weighted by Gasteiger charge is -2.13. The van der Waals surface area contributed by atoms with E-state index in [1.54, 1.807) is 13.3 Å². The third kappa shape index (κ3) is 2.42. The van der Waals surface area contributed by atoms with Crippen molar-refractivity contribution in [2.45, 2.75) is 13.3 Å². The zero-order valence-corrected chi connectivity index (χ0v) is 10.7. The van der Waals surface area contributed by atoms with Crippen LogP contribution in [-0.4, -0.2) is 42.1 Å². The molecule has 2 rings (SSSR count). The molecule has 4 heteroatoms. The van der Waals surface area contributed by atoms with Crippen molar-refractivity contribution in [1.82, 2.24) is 14.9 Å². The summed E-state index contributed by atoms with van der Waals surface area (Å²) in [4.78, 5) is 9.81. The van der Waals surface area contributed by atoms with E-state index in [0.717, 1.165) is 30.4 Å². The van der Waals surface area contributed by atoms with Gasteiger partial charge in [-0.1, -0.05) is 6.92 Å². The summed E-state index contributed by atoms with van der Waals surface area (Å²) < 4.78 is 5.31. The Kier molecular flexibility index (Phi) is 3.64. The SMILES string of the molecule is CCN(C)CCc1c[nH]c2ccnc(OC)c12. The molecule has 92 valence electrons. The van der Waals surface area contributed by atoms with Gasteiger partial charge in [0.1, 0.15) is 0 Å². The number of fused-ring (bicyclic) bond motifs is 1. The van der Waals surface area contributed by atoms with Crippen molar-refractivity contribution in [2.75, 3.05) is 27.2 Å². The van der Waals surface area contributed by atoms with Gasteiger partial charge in [0.25, 0.3) is 0 Å². The minimum Gasteiger partial charge on any atom is -0.480 e. The van der Waals surface area contributed by atoms with Gasteiger partial charge in [0.05, 0.1) is 18.0 Å². The van der Waals surface area contributed by atoms with Crippen LogP contribution in [0.5, 0.6) is 5.88 Å². The second kappa shape index (κ2) is 5.19. The Morgan fingerprint density at radius 1 is 1.47 bits per heavy atom. The number of H-pyrrole nitrogens is 1. The summed E-state index contributed by atoms with van der Waals surface area (Å²) in [5, 5.41) is 1.11. The first-order chi connectivity index (χ1) is 8.26. The highest BCUT2D eigenvalue weighted by molar-refractivity contribution is 5.87. The van der Waals surface area contributed by atoms with E-state index in [9.17, 15) is 0 Å². The third-order valence-electron chi connectivity index (χ3n) is 3.14. The molecular weight excluding hydrogens is 214 g/mol. The van der Waals surface area contributed by atoms with E-state index in [-0.39, 0.29) is 0 Å². The smallest absolute Gasteiger partial charge is 0.222 e. The van der Waals surface area contributed by atoms with E-state index < -0.39 is 0 Å². The number of methoxy groups -OCH3 is 1. The van der Waals surface area contributed by atoms with Crippen LogP contribution in [0, 0.1) is 0 Å². The van der Waals surface area contributed by atoms with Crippen LogP contribution in [0.25, 0.3) is 10.9 Å². The van der Waals surface area contributed by atoms with Gasteiger partial charge in [0, 0.05) is 18.9 Å². The number of nitrogens with one attached hydrogen (secondary N) is 1. The van der Waals surface area contributed by atoms with E-state index in [2.05, 4.69) is 35.0 Å². The number of pyridine rings is 1. The van der Waals surface area contributed by atoms with Gasteiger partial charge in [-0.2, -0.15) is 0 Å². The van der Waals surface area contributed by atoms with Gasteiger partial charge in [-0.3, -0.25) is 0 Å². The predicted octanol–water partition coefficient (Wildman–Crippen LogP) is 2.07. The summed E-state index contributed by atoms with van der Waals surface area (Å²) in [5.74, 6) is 0.706. The zero-order valence-electron chi connectivity index (χ0n) is 10.7. The summed E-state index contributed by atoms with van der Waals surface area (Å²) >= 11 is 0. The number of likely N-dealkylation sites (N-methyl/N-ethyl adjacent to an activating group) is 1. The summed E-state index contributed by atoms with van der Waals surface area (Å²) in [7, 11) is 3.79. The maximum absolute atomic E-state index is 5.31. The van der Waals surface area contributed by atoms with E-state index >= 15 is 0 Å². The number of hydrogen-bond acceptors (Lipinski definition) is 3. The second-order valence-electron chi connectivity index (χ2n) is 4.20. The first-order valence-corrected chi connectivity index (χ1v) is 5.93. The first kappa shape index (κ1) is 11.9. The Labute approximate surface area is 102 Å². The number of ether oxygens (including phenoxy) is 1. The molecule has 0 atom stereocenters. The molecule has 4 nitrogen and oxygen atoms in total. The Balaban J connectivity index is 2.28. The molecule has 0 radical (unpaired) electrons. The largest absolute Gasteiger partial charge is 0.480 e. The van der Waals surface area contributed by atoms with Crippen molar-refractivity contribution in [1.29, 1.82) is 0 Å². The molecule has 0 aliphatic carbocycles. The summed E-state index contributed by atoms with van der Waals surface area (Å²) in [6.45, 7) is 4.27. The molecule has 2 aromatic rings. The zero-order chi connectivity index (χ0) is 12.3. The van der Waals surface area contributed by atoms with Crippen molar-refractivity contribution in [3.63, 3.8) is 0 Å². The highest BCUT2D eigenvalue weighted by Crippen LogP contribution is 2.26. The maximum atomic E-state index is 5.31. The van der Waals surface area contributed by atoms with Gasteiger partial charge < -0.3 is 14.6 Å². The molecule has 17 heavy (non-hydrogen) atoms. The minimum absolute atomic E-state index is 0.706. The van der Waals surface area contributed by atoms with Gasteiger partial charge in [-0.25, -0.2) is 4.98 Å². The fourth-order valence-corrected chi connectivity index (χ4v) is 1.93. The van der Waals surface area contributed by atoms with Gasteiger partial charge in [0.15, 0.2) is 0 Å². The molecule has 0 amide bonds. The van der Waals surface area contributed by atoms with Crippen LogP contribution in [0.4, 0.5) is 0 Å². The second-order valence-corrected chi connectivity index (χ2v) is 4.20. The summed E-state index contributed by atoms with van der Waals surface area (Å²) in [6.07, 6.45) is 4.82. The predicted molar refractivity (Wildman–Crippen MR) is 69.5 cm³/mol. The number of aromatic nitrogens is 2. The monoisotopic (exact) mass is 233 g/mol. The van der Waals surface area contributed by atoms with Crippen LogP contribution in [0.2, 0.25) is 0 Å². The fraction of sp³-hybridized carbons (Fsp3) is 0.462. The highest BCUT2D eigenvalue weighted by Gasteiger charge is 2.10. The molecule has 0 fully saturated rings. The van der Waals surface area contributed by atoms with Crippen LogP contribution < -0.4 is 4.74 Å². The van der Waals surface area contributed by atoms with Crippen LogP contribution >= 0.6 is 0 Å². The lowest BCUT2D eigenvalue weighted by Crippen LogP contribution is -2.20. The standard InChI is InChI=1S/C13H19N3O/c1-4-16(2)8-6-10-9-15-11-5-7-14-13(17-3)12(10)11/h5,7,9,15H,4,6,8H2,1-3H3. The Hall–Kier alpha value is -1.55. The number of hydrogen-bond donors (Lipinski definition) is 1. The Morgan fingerprint density at radius 3 is 3.00 bits per heavy atom.